The molecule has 0 aliphatic carbocycles. The number of carbonyl (C=O) groups is 2. The molecule has 1 N–H and O–H groups in total. The van der Waals surface area contributed by atoms with Gasteiger partial charge in [-0.15, -0.1) is 0 Å². The first-order chi connectivity index (χ1) is 7.49. The fourth-order valence-corrected chi connectivity index (χ4v) is 0.541. The van der Waals surface area contributed by atoms with Crippen LogP contribution in [0.25, 0.3) is 0 Å². The molecule has 0 heterocycles. The molecule has 0 aliphatic heterocycles. The van der Waals surface area contributed by atoms with Crippen molar-refractivity contribution in [3.05, 3.63) is 24.3 Å². The lowest BCUT2D eigenvalue weighted by molar-refractivity contribution is -0.139. The van der Waals surface area contributed by atoms with Gasteiger partial charge in [0, 0.05) is 11.6 Å². The third-order valence-corrected chi connectivity index (χ3v) is 1.66. The molecule has 0 aromatic carbocycles. The lowest BCUT2D eigenvalue weighted by Crippen LogP contribution is -2.06. The molecule has 0 aromatic heterocycles. The maximum absolute atomic E-state index is 11.0. The molecule has 0 atom stereocenters. The van der Waals surface area contributed by atoms with E-state index in [9.17, 15) is 9.59 Å². The van der Waals surface area contributed by atoms with Crippen LogP contribution in [0, 0.1) is 0 Å². The number of aliphatic carboxylic acids is 1. The predicted molar refractivity (Wildman–Crippen MR) is 63.1 cm³/mol. The maximum atomic E-state index is 11.0. The molecule has 0 aliphatic rings. The highest BCUT2D eigenvalue weighted by molar-refractivity contribution is 5.87. The Bertz CT molecular complexity index is 254. The first kappa shape index (κ1) is 16.8. The zero-order chi connectivity index (χ0) is 13.0. The van der Waals surface area contributed by atoms with E-state index < -0.39 is 5.97 Å². The first-order valence-electron chi connectivity index (χ1n) is 5.14. The van der Waals surface area contributed by atoms with Crippen LogP contribution in [0.4, 0.5) is 0 Å². The fraction of sp³-hybridized carbons (Fsp3) is 0.500. The van der Waals surface area contributed by atoms with Crippen molar-refractivity contribution in [3.8, 4) is 0 Å². The van der Waals surface area contributed by atoms with Gasteiger partial charge >= 0.3 is 11.9 Å². The van der Waals surface area contributed by atoms with E-state index in [0.29, 0.717) is 12.2 Å². The van der Waals surface area contributed by atoms with Crippen LogP contribution in [0.15, 0.2) is 24.3 Å². The second-order valence-electron chi connectivity index (χ2n) is 3.00. The Morgan fingerprint density at radius 1 is 1.44 bits per heavy atom. The van der Waals surface area contributed by atoms with E-state index in [-0.39, 0.29) is 5.97 Å². The monoisotopic (exact) mass is 228 g/mol. The molecule has 0 amide bonds. The molecule has 16 heavy (non-hydrogen) atoms. The molecule has 4 nitrogen and oxygen atoms in total. The minimum absolute atomic E-state index is 0.194. The van der Waals surface area contributed by atoms with Crippen LogP contribution in [0.3, 0.4) is 0 Å². The van der Waals surface area contributed by atoms with Gasteiger partial charge in [0.2, 0.25) is 0 Å². The average Bonchev–Trinajstić information content (AvgIpc) is 2.28. The smallest absolute Gasteiger partial charge is 0.333 e. The molecule has 0 fully saturated rings. The number of ether oxygens (including phenoxy) is 1. The zero-order valence-corrected chi connectivity index (χ0v) is 10.2. The SMILES string of the molecule is C=CC(=O)O.CC=C(C)C(=O)OCCCC. The second-order valence-corrected chi connectivity index (χ2v) is 3.00. The van der Waals surface area contributed by atoms with Crippen LogP contribution in [0.1, 0.15) is 33.6 Å². The van der Waals surface area contributed by atoms with Crippen molar-refractivity contribution in [1.82, 2.24) is 0 Å². The lowest BCUT2D eigenvalue weighted by atomic mass is 10.3. The minimum atomic E-state index is -0.981. The number of carboxylic acids is 1. The van der Waals surface area contributed by atoms with Crippen molar-refractivity contribution >= 4 is 11.9 Å². The molecule has 0 spiro atoms. The number of rotatable bonds is 5. The summed E-state index contributed by atoms with van der Waals surface area (Å²) in [6.45, 7) is 9.16. The Kier molecular flexibility index (Phi) is 12.1. The summed E-state index contributed by atoms with van der Waals surface area (Å²) >= 11 is 0. The molecule has 0 saturated carbocycles. The summed E-state index contributed by atoms with van der Waals surface area (Å²) < 4.78 is 4.93. The molecule has 92 valence electrons. The zero-order valence-electron chi connectivity index (χ0n) is 10.2. The third kappa shape index (κ3) is 12.4. The lowest BCUT2D eigenvalue weighted by Gasteiger charge is -2.02. The third-order valence-electron chi connectivity index (χ3n) is 1.66. The highest BCUT2D eigenvalue weighted by Gasteiger charge is 2.02. The van der Waals surface area contributed by atoms with Crippen LogP contribution in [-0.2, 0) is 14.3 Å². The van der Waals surface area contributed by atoms with E-state index in [1.165, 1.54) is 0 Å². The molecule has 0 radical (unpaired) electrons. The molecule has 0 bridgehead atoms. The quantitative estimate of drug-likeness (QED) is 0.446. The molecular weight excluding hydrogens is 208 g/mol. The average molecular weight is 228 g/mol. The van der Waals surface area contributed by atoms with E-state index in [2.05, 4.69) is 13.5 Å². The van der Waals surface area contributed by atoms with Gasteiger partial charge in [0.15, 0.2) is 0 Å². The molecule has 0 aromatic rings. The number of carboxylic acid groups (broad SMARTS) is 1. The Balaban J connectivity index is 0. The van der Waals surface area contributed by atoms with E-state index in [1.54, 1.807) is 13.0 Å². The summed E-state index contributed by atoms with van der Waals surface area (Å²) in [7, 11) is 0. The molecule has 4 heteroatoms. The number of allylic oxidation sites excluding steroid dienone is 1. The first-order valence-corrected chi connectivity index (χ1v) is 5.14. The minimum Gasteiger partial charge on any atom is -0.478 e. The van der Waals surface area contributed by atoms with Crippen molar-refractivity contribution in [2.75, 3.05) is 6.61 Å². The van der Waals surface area contributed by atoms with Crippen LogP contribution in [0.5, 0.6) is 0 Å². The van der Waals surface area contributed by atoms with Gasteiger partial charge in [-0.05, 0) is 20.3 Å². The van der Waals surface area contributed by atoms with Crippen molar-refractivity contribution in [3.63, 3.8) is 0 Å². The summed E-state index contributed by atoms with van der Waals surface area (Å²) in [6.07, 6.45) is 4.60. The molecular formula is C12H20O4. The highest BCUT2D eigenvalue weighted by atomic mass is 16.5. The number of carbonyl (C=O) groups excluding carboxylic acids is 1. The van der Waals surface area contributed by atoms with Gasteiger partial charge < -0.3 is 9.84 Å². The number of hydrogen-bond donors (Lipinski definition) is 1. The van der Waals surface area contributed by atoms with Gasteiger partial charge in [0.1, 0.15) is 0 Å². The van der Waals surface area contributed by atoms with Crippen molar-refractivity contribution < 1.29 is 19.4 Å². The molecule has 0 unspecified atom stereocenters. The predicted octanol–water partition coefficient (Wildman–Crippen LogP) is 2.55. The van der Waals surface area contributed by atoms with Crippen LogP contribution in [0.2, 0.25) is 0 Å². The Morgan fingerprint density at radius 3 is 2.25 bits per heavy atom. The van der Waals surface area contributed by atoms with Gasteiger partial charge in [0.05, 0.1) is 6.61 Å². The summed E-state index contributed by atoms with van der Waals surface area (Å²) in [5, 5.41) is 7.60. The maximum Gasteiger partial charge on any atom is 0.333 e. The molecule has 0 saturated heterocycles. The van der Waals surface area contributed by atoms with Crippen LogP contribution in [-0.4, -0.2) is 23.7 Å². The largest absolute Gasteiger partial charge is 0.478 e. The van der Waals surface area contributed by atoms with Crippen LogP contribution >= 0.6 is 0 Å². The number of unbranched alkanes of at least 4 members (excludes halogenated alkanes) is 1. The van der Waals surface area contributed by atoms with Gasteiger partial charge in [-0.25, -0.2) is 9.59 Å². The van der Waals surface area contributed by atoms with Crippen LogP contribution < -0.4 is 0 Å². The normalized spacial score (nSPS) is 9.81. The van der Waals surface area contributed by atoms with Gasteiger partial charge in [0.25, 0.3) is 0 Å². The second kappa shape index (κ2) is 11.5. The summed E-state index contributed by atoms with van der Waals surface area (Å²) in [4.78, 5) is 20.2. The van der Waals surface area contributed by atoms with E-state index in [1.807, 2.05) is 6.92 Å². The molecule has 0 rings (SSSR count). The Morgan fingerprint density at radius 2 is 1.94 bits per heavy atom. The van der Waals surface area contributed by atoms with Crippen molar-refractivity contribution in [2.24, 2.45) is 0 Å². The number of hydrogen-bond acceptors (Lipinski definition) is 3. The van der Waals surface area contributed by atoms with E-state index >= 15 is 0 Å². The topological polar surface area (TPSA) is 63.6 Å². The number of esters is 1. The summed E-state index contributed by atoms with van der Waals surface area (Å²) in [6, 6.07) is 0. The summed E-state index contributed by atoms with van der Waals surface area (Å²) in [5.41, 5.74) is 0.682. The van der Waals surface area contributed by atoms with Gasteiger partial charge in [-0.1, -0.05) is 26.0 Å². The Labute approximate surface area is 96.6 Å². The van der Waals surface area contributed by atoms with E-state index in [0.717, 1.165) is 18.9 Å². The van der Waals surface area contributed by atoms with E-state index in [4.69, 9.17) is 9.84 Å². The fourth-order valence-electron chi connectivity index (χ4n) is 0.541. The Hall–Kier alpha value is -1.58. The van der Waals surface area contributed by atoms with Gasteiger partial charge in [-0.2, -0.15) is 0 Å². The standard InChI is InChI=1S/C9H16O2.C3H4O2/c1-4-6-7-11-9(10)8(3)5-2;1-2-3(4)5/h5H,4,6-7H2,1-3H3;2H,1H2,(H,4,5). The van der Waals surface area contributed by atoms with Gasteiger partial charge in [-0.3, -0.25) is 0 Å². The van der Waals surface area contributed by atoms with Crippen molar-refractivity contribution in [2.45, 2.75) is 33.6 Å². The highest BCUT2D eigenvalue weighted by Crippen LogP contribution is 1.97. The summed E-state index contributed by atoms with van der Waals surface area (Å²) in [5.74, 6) is -1.18. The van der Waals surface area contributed by atoms with Crippen molar-refractivity contribution in [1.29, 1.82) is 0 Å².